The predicted octanol–water partition coefficient (Wildman–Crippen LogP) is 3.96. The molecule has 3 aliphatic rings. The Morgan fingerprint density at radius 1 is 0.789 bits per heavy atom. The fourth-order valence-electron chi connectivity index (χ4n) is 4.25. The van der Waals surface area contributed by atoms with E-state index < -0.39 is 0 Å². The van der Waals surface area contributed by atoms with Crippen LogP contribution in [0.5, 0.6) is 0 Å². The smallest absolute Gasteiger partial charge is 0.0358 e. The molecule has 0 radical (unpaired) electrons. The molecule has 1 heterocycles. The van der Waals surface area contributed by atoms with Crippen LogP contribution in [0.2, 0.25) is 0 Å². The predicted molar refractivity (Wildman–Crippen MR) is 81.9 cm³/mol. The molecule has 1 fully saturated rings. The Kier molecular flexibility index (Phi) is 3.05. The lowest BCUT2D eigenvalue weighted by Gasteiger charge is -2.58. The van der Waals surface area contributed by atoms with Crippen LogP contribution in [0.3, 0.4) is 0 Å². The maximum absolute atomic E-state index is 2.70. The zero-order chi connectivity index (χ0) is 13.6. The van der Waals surface area contributed by atoms with E-state index in [0.717, 1.165) is 0 Å². The highest BCUT2D eigenvalue weighted by atomic mass is 15.2. The summed E-state index contributed by atoms with van der Waals surface area (Å²) in [6.07, 6.45) is 18.5. The molecule has 0 bridgehead atoms. The molecule has 0 N–H and O–H groups in total. The molecule has 3 rings (SSSR count). The quantitative estimate of drug-likeness (QED) is 0.685. The molecule has 0 aromatic carbocycles. The third-order valence-electron chi connectivity index (χ3n) is 5.21. The molecule has 0 amide bonds. The van der Waals surface area contributed by atoms with Crippen molar-refractivity contribution in [3.63, 3.8) is 0 Å². The fraction of sp³-hybridized carbons (Fsp3) is 0.556. The number of hydrogen-bond acceptors (Lipinski definition) is 1. The molecule has 1 heteroatoms. The lowest BCUT2D eigenvalue weighted by molar-refractivity contribution is -0.0367. The van der Waals surface area contributed by atoms with Crippen molar-refractivity contribution < 1.29 is 0 Å². The normalized spacial score (nSPS) is 39.4. The lowest BCUT2D eigenvalue weighted by atomic mass is 9.58. The van der Waals surface area contributed by atoms with Crippen molar-refractivity contribution in [3.8, 4) is 0 Å². The minimum Gasteiger partial charge on any atom is -0.287 e. The van der Waals surface area contributed by atoms with Gasteiger partial charge in [-0.05, 0) is 19.3 Å². The van der Waals surface area contributed by atoms with Gasteiger partial charge in [0.2, 0.25) is 0 Å². The van der Waals surface area contributed by atoms with Crippen LogP contribution < -0.4 is 0 Å². The minimum atomic E-state index is 0.309. The summed E-state index contributed by atoms with van der Waals surface area (Å²) in [6.45, 7) is 9.52. The molecule has 0 aromatic rings. The van der Waals surface area contributed by atoms with Gasteiger partial charge in [0.05, 0.1) is 0 Å². The summed E-state index contributed by atoms with van der Waals surface area (Å²) in [5.74, 6) is 1.22. The maximum atomic E-state index is 2.70. The SMILES string of the molecule is CC(C)N1C2C=CC=CC2C(C)(C)C2C=CC=CC21. The maximum Gasteiger partial charge on any atom is 0.0358 e. The monoisotopic (exact) mass is 255 g/mol. The number of rotatable bonds is 1. The molecule has 0 spiro atoms. The standard InChI is InChI=1S/C18H25N/c1-13(2)19-16-11-7-5-9-14(16)18(3,4)15-10-6-8-12-17(15)19/h5-17H,1-4H3. The first-order chi connectivity index (χ1) is 9.03. The van der Waals surface area contributed by atoms with Gasteiger partial charge >= 0.3 is 0 Å². The molecule has 19 heavy (non-hydrogen) atoms. The van der Waals surface area contributed by atoms with Crippen LogP contribution in [-0.2, 0) is 0 Å². The Labute approximate surface area is 117 Å². The van der Waals surface area contributed by atoms with E-state index in [0.29, 0.717) is 35.4 Å². The summed E-state index contributed by atoms with van der Waals surface area (Å²) < 4.78 is 0. The van der Waals surface area contributed by atoms with Gasteiger partial charge in [0, 0.05) is 30.0 Å². The van der Waals surface area contributed by atoms with E-state index in [2.05, 4.69) is 81.2 Å². The number of hydrogen-bond donors (Lipinski definition) is 0. The van der Waals surface area contributed by atoms with Gasteiger partial charge in [0.15, 0.2) is 0 Å². The Hall–Kier alpha value is -1.08. The first kappa shape index (κ1) is 12.9. The van der Waals surface area contributed by atoms with Gasteiger partial charge in [-0.25, -0.2) is 0 Å². The molecule has 1 nitrogen and oxygen atoms in total. The van der Waals surface area contributed by atoms with Crippen molar-refractivity contribution in [2.75, 3.05) is 0 Å². The second-order valence-corrected chi connectivity index (χ2v) is 6.93. The zero-order valence-corrected chi connectivity index (χ0v) is 12.5. The van der Waals surface area contributed by atoms with E-state index >= 15 is 0 Å². The third-order valence-corrected chi connectivity index (χ3v) is 5.21. The minimum absolute atomic E-state index is 0.309. The summed E-state index contributed by atoms with van der Waals surface area (Å²) >= 11 is 0. The van der Waals surface area contributed by atoms with Crippen LogP contribution in [-0.4, -0.2) is 23.0 Å². The molecule has 0 saturated carbocycles. The van der Waals surface area contributed by atoms with Crippen LogP contribution in [0.4, 0.5) is 0 Å². The molecule has 102 valence electrons. The molecule has 1 saturated heterocycles. The van der Waals surface area contributed by atoms with Crippen LogP contribution in [0.25, 0.3) is 0 Å². The second-order valence-electron chi connectivity index (χ2n) is 6.93. The van der Waals surface area contributed by atoms with Crippen LogP contribution >= 0.6 is 0 Å². The molecule has 0 aromatic heterocycles. The summed E-state index contributed by atoms with van der Waals surface area (Å²) in [7, 11) is 0. The van der Waals surface area contributed by atoms with Crippen molar-refractivity contribution in [1.29, 1.82) is 0 Å². The topological polar surface area (TPSA) is 3.24 Å². The van der Waals surface area contributed by atoms with Gasteiger partial charge in [-0.3, -0.25) is 4.90 Å². The first-order valence-electron chi connectivity index (χ1n) is 7.51. The number of piperidine rings is 1. The Balaban J connectivity index is 2.07. The number of fused-ring (bicyclic) bond motifs is 2. The van der Waals surface area contributed by atoms with Crippen LogP contribution in [0.15, 0.2) is 48.6 Å². The molecule has 4 unspecified atom stereocenters. The van der Waals surface area contributed by atoms with Crippen molar-refractivity contribution in [2.24, 2.45) is 17.3 Å². The van der Waals surface area contributed by atoms with E-state index in [4.69, 9.17) is 0 Å². The van der Waals surface area contributed by atoms with Crippen molar-refractivity contribution in [3.05, 3.63) is 48.6 Å². The molecule has 2 aliphatic carbocycles. The molecular weight excluding hydrogens is 230 g/mol. The highest BCUT2D eigenvalue weighted by Crippen LogP contribution is 2.50. The number of allylic oxidation sites excluding steroid dienone is 4. The van der Waals surface area contributed by atoms with Crippen LogP contribution in [0, 0.1) is 17.3 Å². The average Bonchev–Trinajstić information content (AvgIpc) is 2.39. The Morgan fingerprint density at radius 3 is 1.63 bits per heavy atom. The van der Waals surface area contributed by atoms with Gasteiger partial charge in [0.1, 0.15) is 0 Å². The summed E-state index contributed by atoms with van der Waals surface area (Å²) in [6, 6.07) is 1.65. The number of likely N-dealkylation sites (tertiary alicyclic amines) is 1. The summed E-state index contributed by atoms with van der Waals surface area (Å²) in [5.41, 5.74) is 0.309. The van der Waals surface area contributed by atoms with E-state index in [1.807, 2.05) is 0 Å². The fourth-order valence-corrected chi connectivity index (χ4v) is 4.25. The first-order valence-corrected chi connectivity index (χ1v) is 7.51. The highest BCUT2D eigenvalue weighted by Gasteiger charge is 2.51. The second kappa shape index (κ2) is 4.49. The highest BCUT2D eigenvalue weighted by molar-refractivity contribution is 5.30. The zero-order valence-electron chi connectivity index (χ0n) is 12.5. The van der Waals surface area contributed by atoms with Crippen molar-refractivity contribution >= 4 is 0 Å². The third kappa shape index (κ3) is 1.87. The number of nitrogens with zero attached hydrogens (tertiary/aromatic N) is 1. The van der Waals surface area contributed by atoms with Gasteiger partial charge in [-0.1, -0.05) is 62.5 Å². The van der Waals surface area contributed by atoms with E-state index in [-0.39, 0.29) is 0 Å². The Bertz CT molecular complexity index is 426. The Morgan fingerprint density at radius 2 is 1.21 bits per heavy atom. The summed E-state index contributed by atoms with van der Waals surface area (Å²) in [5, 5.41) is 0. The van der Waals surface area contributed by atoms with Crippen molar-refractivity contribution in [2.45, 2.75) is 45.8 Å². The average molecular weight is 255 g/mol. The van der Waals surface area contributed by atoms with E-state index in [1.54, 1.807) is 0 Å². The van der Waals surface area contributed by atoms with E-state index in [9.17, 15) is 0 Å². The molecule has 1 aliphatic heterocycles. The summed E-state index contributed by atoms with van der Waals surface area (Å²) in [4.78, 5) is 2.70. The van der Waals surface area contributed by atoms with E-state index in [1.165, 1.54) is 0 Å². The van der Waals surface area contributed by atoms with Gasteiger partial charge in [-0.15, -0.1) is 0 Å². The van der Waals surface area contributed by atoms with Gasteiger partial charge in [0.25, 0.3) is 0 Å². The van der Waals surface area contributed by atoms with Gasteiger partial charge in [-0.2, -0.15) is 0 Å². The largest absolute Gasteiger partial charge is 0.287 e. The lowest BCUT2D eigenvalue weighted by Crippen LogP contribution is -2.62. The molecule has 4 atom stereocenters. The van der Waals surface area contributed by atoms with Crippen LogP contribution in [0.1, 0.15) is 27.7 Å². The molecular formula is C18H25N. The van der Waals surface area contributed by atoms with Crippen molar-refractivity contribution in [1.82, 2.24) is 4.90 Å². The van der Waals surface area contributed by atoms with Gasteiger partial charge < -0.3 is 0 Å².